The van der Waals surface area contributed by atoms with Crippen LogP contribution in [-0.4, -0.2) is 0 Å². The molecule has 86 valence electrons. The number of rotatable bonds is 2. The van der Waals surface area contributed by atoms with Crippen molar-refractivity contribution in [2.75, 3.05) is 11.5 Å². The topological polar surface area (TPSA) is 52.0 Å². The van der Waals surface area contributed by atoms with E-state index in [2.05, 4.69) is 15.9 Å². The highest BCUT2D eigenvalue weighted by Crippen LogP contribution is 2.25. The number of anilines is 2. The van der Waals surface area contributed by atoms with Gasteiger partial charge < -0.3 is 11.5 Å². The zero-order valence-electron chi connectivity index (χ0n) is 9.23. The fourth-order valence-corrected chi connectivity index (χ4v) is 1.92. The molecular weight excluding hydrogens is 276 g/mol. The van der Waals surface area contributed by atoms with Crippen LogP contribution in [0.4, 0.5) is 11.4 Å². The van der Waals surface area contributed by atoms with E-state index in [-0.39, 0.29) is 0 Å². The van der Waals surface area contributed by atoms with Gasteiger partial charge in [-0.05, 0) is 39.2 Å². The van der Waals surface area contributed by atoms with E-state index in [1.165, 1.54) is 0 Å². The van der Waals surface area contributed by atoms with Crippen molar-refractivity contribution in [2.24, 2.45) is 0 Å². The first-order chi connectivity index (χ1) is 8.18. The second kappa shape index (κ2) is 5.06. The lowest BCUT2D eigenvalue weighted by Crippen LogP contribution is -1.90. The fraction of sp³-hybridized carbons (Fsp3) is 0. The Morgan fingerprint density at radius 1 is 0.824 bits per heavy atom. The Balaban J connectivity index is 2.33. The van der Waals surface area contributed by atoms with Crippen LogP contribution in [-0.2, 0) is 0 Å². The summed E-state index contributed by atoms with van der Waals surface area (Å²) in [6, 6.07) is 13.6. The first kappa shape index (κ1) is 11.7. The Hall–Kier alpha value is -1.74. The highest BCUT2D eigenvalue weighted by molar-refractivity contribution is 9.10. The number of hydrogen-bond acceptors (Lipinski definition) is 2. The summed E-state index contributed by atoms with van der Waals surface area (Å²) in [5, 5.41) is 0. The van der Waals surface area contributed by atoms with Crippen molar-refractivity contribution in [1.82, 2.24) is 0 Å². The number of nitrogen functional groups attached to an aromatic ring is 2. The third-order valence-electron chi connectivity index (χ3n) is 2.53. The zero-order valence-corrected chi connectivity index (χ0v) is 10.8. The first-order valence-corrected chi connectivity index (χ1v) is 6.04. The quantitative estimate of drug-likeness (QED) is 0.653. The molecular formula is C14H13BrN2. The third kappa shape index (κ3) is 2.68. The summed E-state index contributed by atoms with van der Waals surface area (Å²) in [7, 11) is 0. The van der Waals surface area contributed by atoms with E-state index in [9.17, 15) is 0 Å². The molecule has 17 heavy (non-hydrogen) atoms. The molecule has 0 bridgehead atoms. The van der Waals surface area contributed by atoms with Crippen molar-refractivity contribution in [2.45, 2.75) is 0 Å². The highest BCUT2D eigenvalue weighted by Gasteiger charge is 1.99. The molecule has 0 amide bonds. The third-order valence-corrected chi connectivity index (χ3v) is 3.22. The van der Waals surface area contributed by atoms with Gasteiger partial charge in [-0.1, -0.05) is 42.5 Å². The maximum atomic E-state index is 5.96. The second-order valence-electron chi connectivity index (χ2n) is 3.70. The number of hydrogen-bond donors (Lipinski definition) is 2. The Morgan fingerprint density at radius 2 is 1.47 bits per heavy atom. The van der Waals surface area contributed by atoms with Crippen LogP contribution in [0.3, 0.4) is 0 Å². The van der Waals surface area contributed by atoms with Crippen LogP contribution < -0.4 is 11.5 Å². The van der Waals surface area contributed by atoms with Gasteiger partial charge in [0.15, 0.2) is 0 Å². The molecule has 0 spiro atoms. The number of nitrogens with two attached hydrogens (primary N) is 2. The number of para-hydroxylation sites is 2. The molecule has 2 aromatic carbocycles. The molecule has 0 radical (unpaired) electrons. The molecule has 2 aromatic rings. The summed E-state index contributed by atoms with van der Waals surface area (Å²) < 4.78 is 0.903. The van der Waals surface area contributed by atoms with Crippen molar-refractivity contribution in [3.63, 3.8) is 0 Å². The van der Waals surface area contributed by atoms with Crippen molar-refractivity contribution in [1.29, 1.82) is 0 Å². The van der Waals surface area contributed by atoms with Crippen LogP contribution in [0.5, 0.6) is 0 Å². The van der Waals surface area contributed by atoms with Crippen molar-refractivity contribution < 1.29 is 0 Å². The van der Waals surface area contributed by atoms with Crippen LogP contribution in [0.15, 0.2) is 46.9 Å². The molecule has 0 aliphatic heterocycles. The molecule has 0 aliphatic rings. The van der Waals surface area contributed by atoms with Crippen LogP contribution >= 0.6 is 15.9 Å². The predicted molar refractivity (Wildman–Crippen MR) is 78.3 cm³/mol. The van der Waals surface area contributed by atoms with E-state index >= 15 is 0 Å². The molecule has 0 aromatic heterocycles. The van der Waals surface area contributed by atoms with Gasteiger partial charge in [-0.2, -0.15) is 0 Å². The van der Waals surface area contributed by atoms with Crippen LogP contribution in [0, 0.1) is 0 Å². The Bertz CT molecular complexity index is 562. The SMILES string of the molecule is Nc1ccccc1C=Cc1cccc(Br)c1N. The van der Waals surface area contributed by atoms with Gasteiger partial charge in [-0.25, -0.2) is 0 Å². The van der Waals surface area contributed by atoms with Crippen LogP contribution in [0.1, 0.15) is 11.1 Å². The molecule has 0 atom stereocenters. The summed E-state index contributed by atoms with van der Waals surface area (Å²) in [4.78, 5) is 0. The lowest BCUT2D eigenvalue weighted by Gasteiger charge is -2.03. The van der Waals surface area contributed by atoms with Gasteiger partial charge >= 0.3 is 0 Å². The van der Waals surface area contributed by atoms with E-state index in [0.29, 0.717) is 0 Å². The maximum absolute atomic E-state index is 5.96. The average Bonchev–Trinajstić information content (AvgIpc) is 2.33. The Labute approximate surface area is 109 Å². The zero-order chi connectivity index (χ0) is 12.3. The van der Waals surface area contributed by atoms with E-state index < -0.39 is 0 Å². The van der Waals surface area contributed by atoms with Gasteiger partial charge in [0, 0.05) is 10.2 Å². The lowest BCUT2D eigenvalue weighted by atomic mass is 10.1. The lowest BCUT2D eigenvalue weighted by molar-refractivity contribution is 1.59. The summed E-state index contributed by atoms with van der Waals surface area (Å²) in [6.45, 7) is 0. The number of halogens is 1. The highest BCUT2D eigenvalue weighted by atomic mass is 79.9. The van der Waals surface area contributed by atoms with E-state index in [1.54, 1.807) is 0 Å². The van der Waals surface area contributed by atoms with Gasteiger partial charge in [0.25, 0.3) is 0 Å². The summed E-state index contributed by atoms with van der Waals surface area (Å²) in [5.74, 6) is 0. The average molecular weight is 289 g/mol. The predicted octanol–water partition coefficient (Wildman–Crippen LogP) is 3.78. The standard InChI is InChI=1S/C14H13BrN2/c15-12-6-3-5-11(14(12)17)9-8-10-4-1-2-7-13(10)16/h1-9H,16-17H2. The van der Waals surface area contributed by atoms with Crippen LogP contribution in [0.25, 0.3) is 12.2 Å². The smallest absolute Gasteiger partial charge is 0.0532 e. The molecule has 3 heteroatoms. The molecule has 4 N–H and O–H groups in total. The van der Waals surface area contributed by atoms with Crippen molar-refractivity contribution in [3.05, 3.63) is 58.1 Å². The van der Waals surface area contributed by atoms with Crippen molar-refractivity contribution in [3.8, 4) is 0 Å². The summed E-state index contributed by atoms with van der Waals surface area (Å²) in [6.07, 6.45) is 3.93. The molecule has 0 heterocycles. The minimum Gasteiger partial charge on any atom is -0.398 e. The summed E-state index contributed by atoms with van der Waals surface area (Å²) in [5.41, 5.74) is 15.3. The van der Waals surface area contributed by atoms with Gasteiger partial charge in [-0.3, -0.25) is 0 Å². The number of benzene rings is 2. The monoisotopic (exact) mass is 288 g/mol. The maximum Gasteiger partial charge on any atom is 0.0532 e. The van der Waals surface area contributed by atoms with Gasteiger partial charge in [0.2, 0.25) is 0 Å². The van der Waals surface area contributed by atoms with Crippen molar-refractivity contribution >= 4 is 39.5 Å². The van der Waals surface area contributed by atoms with E-state index in [4.69, 9.17) is 11.5 Å². The van der Waals surface area contributed by atoms with Gasteiger partial charge in [0.1, 0.15) is 0 Å². The molecule has 0 unspecified atom stereocenters. The minimum atomic E-state index is 0.734. The molecule has 0 fully saturated rings. The van der Waals surface area contributed by atoms with Crippen LogP contribution in [0.2, 0.25) is 0 Å². The second-order valence-corrected chi connectivity index (χ2v) is 4.56. The molecule has 2 nitrogen and oxygen atoms in total. The molecule has 2 rings (SSSR count). The Kier molecular flexibility index (Phi) is 3.49. The Morgan fingerprint density at radius 3 is 2.24 bits per heavy atom. The van der Waals surface area contributed by atoms with Gasteiger partial charge in [-0.15, -0.1) is 0 Å². The normalized spacial score (nSPS) is 10.9. The molecule has 0 saturated heterocycles. The minimum absolute atomic E-state index is 0.734. The largest absolute Gasteiger partial charge is 0.398 e. The van der Waals surface area contributed by atoms with E-state index in [0.717, 1.165) is 27.0 Å². The molecule has 0 aliphatic carbocycles. The summed E-state index contributed by atoms with van der Waals surface area (Å²) >= 11 is 3.40. The van der Waals surface area contributed by atoms with Gasteiger partial charge in [0.05, 0.1) is 5.69 Å². The fourth-order valence-electron chi connectivity index (χ4n) is 1.54. The van der Waals surface area contributed by atoms with E-state index in [1.807, 2.05) is 54.6 Å². The first-order valence-electron chi connectivity index (χ1n) is 5.25. The molecule has 0 saturated carbocycles.